The van der Waals surface area contributed by atoms with E-state index in [1.807, 2.05) is 48.0 Å². The summed E-state index contributed by atoms with van der Waals surface area (Å²) in [5.41, 5.74) is 4.17. The van der Waals surface area contributed by atoms with Gasteiger partial charge in [-0.25, -0.2) is 4.98 Å². The third-order valence-corrected chi connectivity index (χ3v) is 5.76. The van der Waals surface area contributed by atoms with Crippen LogP contribution in [0.3, 0.4) is 0 Å². The van der Waals surface area contributed by atoms with E-state index < -0.39 is 0 Å². The van der Waals surface area contributed by atoms with Crippen LogP contribution in [-0.4, -0.2) is 20.9 Å². The minimum Gasteiger partial charge on any atom is -0.452 e. The van der Waals surface area contributed by atoms with Crippen LogP contribution in [-0.2, 0) is 9.53 Å². The highest BCUT2D eigenvalue weighted by Gasteiger charge is 2.19. The summed E-state index contributed by atoms with van der Waals surface area (Å²) < 4.78 is 5.57. The molecule has 1 N–H and O–H groups in total. The largest absolute Gasteiger partial charge is 0.452 e. The SMILES string of the molecule is CC(=O)OC(c1ccc(C(C)c2cnc(-c3ccncc3)[nH]2)cc1)c1cccs1. The molecule has 0 aliphatic rings. The first-order chi connectivity index (χ1) is 14.1. The molecule has 0 spiro atoms. The molecule has 1 aromatic carbocycles. The number of esters is 1. The van der Waals surface area contributed by atoms with Gasteiger partial charge in [0.2, 0.25) is 0 Å². The van der Waals surface area contributed by atoms with Crippen LogP contribution in [0.15, 0.2) is 72.5 Å². The second kappa shape index (κ2) is 8.41. The molecule has 2 atom stereocenters. The Morgan fingerprint density at radius 2 is 1.79 bits per heavy atom. The van der Waals surface area contributed by atoms with E-state index >= 15 is 0 Å². The van der Waals surface area contributed by atoms with Crippen molar-refractivity contribution in [1.82, 2.24) is 15.0 Å². The van der Waals surface area contributed by atoms with Gasteiger partial charge in [0.15, 0.2) is 6.10 Å². The minimum absolute atomic E-state index is 0.154. The molecule has 3 heterocycles. The predicted molar refractivity (Wildman–Crippen MR) is 114 cm³/mol. The molecule has 4 rings (SSSR count). The summed E-state index contributed by atoms with van der Waals surface area (Å²) in [6.07, 6.45) is 5.02. The number of imidazole rings is 1. The number of hydrogen-bond acceptors (Lipinski definition) is 5. The van der Waals surface area contributed by atoms with E-state index in [4.69, 9.17) is 4.74 Å². The Balaban J connectivity index is 1.56. The lowest BCUT2D eigenvalue weighted by Gasteiger charge is -2.17. The summed E-state index contributed by atoms with van der Waals surface area (Å²) in [6, 6.07) is 16.0. The first-order valence-corrected chi connectivity index (χ1v) is 10.3. The number of rotatable bonds is 6. The average molecular weight is 404 g/mol. The smallest absolute Gasteiger partial charge is 0.303 e. The molecule has 3 aromatic heterocycles. The van der Waals surface area contributed by atoms with Crippen molar-refractivity contribution in [2.75, 3.05) is 0 Å². The minimum atomic E-state index is -0.373. The molecule has 0 aliphatic carbocycles. The Hall–Kier alpha value is -3.25. The van der Waals surface area contributed by atoms with Gasteiger partial charge in [0.1, 0.15) is 5.82 Å². The third-order valence-electron chi connectivity index (χ3n) is 4.84. The van der Waals surface area contributed by atoms with Crippen molar-refractivity contribution in [2.45, 2.75) is 25.9 Å². The van der Waals surface area contributed by atoms with Gasteiger partial charge in [0, 0.05) is 47.6 Å². The number of H-pyrrole nitrogens is 1. The van der Waals surface area contributed by atoms with Gasteiger partial charge < -0.3 is 9.72 Å². The number of nitrogens with zero attached hydrogens (tertiary/aromatic N) is 2. The molecule has 0 saturated carbocycles. The van der Waals surface area contributed by atoms with Crippen molar-refractivity contribution in [3.05, 3.63) is 94.2 Å². The molecule has 146 valence electrons. The lowest BCUT2D eigenvalue weighted by atomic mass is 9.96. The van der Waals surface area contributed by atoms with Crippen molar-refractivity contribution < 1.29 is 9.53 Å². The Morgan fingerprint density at radius 1 is 1.07 bits per heavy atom. The molecule has 4 aromatic rings. The molecule has 0 radical (unpaired) electrons. The molecule has 6 heteroatoms. The van der Waals surface area contributed by atoms with E-state index in [0.29, 0.717) is 0 Å². The van der Waals surface area contributed by atoms with Gasteiger partial charge in [-0.2, -0.15) is 0 Å². The van der Waals surface area contributed by atoms with Gasteiger partial charge in [-0.05, 0) is 34.7 Å². The quantitative estimate of drug-likeness (QED) is 0.441. The van der Waals surface area contributed by atoms with E-state index in [1.165, 1.54) is 6.92 Å². The molecule has 0 aliphatic heterocycles. The van der Waals surface area contributed by atoms with Gasteiger partial charge in [-0.3, -0.25) is 9.78 Å². The van der Waals surface area contributed by atoms with E-state index in [0.717, 1.165) is 33.1 Å². The molecule has 5 nitrogen and oxygen atoms in total. The monoisotopic (exact) mass is 403 g/mol. The standard InChI is InChI=1S/C23H21N3O2S/c1-15(20-14-25-23(26-20)19-9-11-24-12-10-19)17-5-7-18(8-6-17)22(28-16(2)27)21-4-3-13-29-21/h3-15,22H,1-2H3,(H,25,26). The van der Waals surface area contributed by atoms with Crippen molar-refractivity contribution >= 4 is 17.3 Å². The number of thiophene rings is 1. The summed E-state index contributed by atoms with van der Waals surface area (Å²) in [4.78, 5) is 24.5. The second-order valence-corrected chi connectivity index (χ2v) is 7.80. The predicted octanol–water partition coefficient (Wildman–Crippen LogP) is 5.34. The zero-order chi connectivity index (χ0) is 20.2. The number of pyridine rings is 1. The molecule has 2 unspecified atom stereocenters. The highest BCUT2D eigenvalue weighted by atomic mass is 32.1. The summed E-state index contributed by atoms with van der Waals surface area (Å²) in [5, 5.41) is 1.99. The Morgan fingerprint density at radius 3 is 2.45 bits per heavy atom. The van der Waals surface area contributed by atoms with Gasteiger partial charge in [0.05, 0.1) is 0 Å². The lowest BCUT2D eigenvalue weighted by Crippen LogP contribution is -2.09. The molecule has 0 fully saturated rings. The summed E-state index contributed by atoms with van der Waals surface area (Å²) >= 11 is 1.58. The van der Waals surface area contributed by atoms with Crippen LogP contribution in [0.2, 0.25) is 0 Å². The number of nitrogens with one attached hydrogen (secondary N) is 1. The van der Waals surface area contributed by atoms with E-state index in [-0.39, 0.29) is 18.0 Å². The van der Waals surface area contributed by atoms with Crippen LogP contribution in [0.25, 0.3) is 11.4 Å². The first kappa shape index (κ1) is 19.1. The van der Waals surface area contributed by atoms with Crippen LogP contribution in [0, 0.1) is 0 Å². The molecular formula is C23H21N3O2S. The number of carbonyl (C=O) groups excluding carboxylic acids is 1. The maximum absolute atomic E-state index is 11.6. The summed E-state index contributed by atoms with van der Waals surface area (Å²) in [7, 11) is 0. The van der Waals surface area contributed by atoms with Crippen LogP contribution in [0.5, 0.6) is 0 Å². The number of hydrogen-bond donors (Lipinski definition) is 1. The first-order valence-electron chi connectivity index (χ1n) is 9.37. The second-order valence-electron chi connectivity index (χ2n) is 6.82. The fourth-order valence-corrected chi connectivity index (χ4v) is 4.03. The normalized spacial score (nSPS) is 13.0. The van der Waals surface area contributed by atoms with Crippen molar-refractivity contribution in [2.24, 2.45) is 0 Å². The van der Waals surface area contributed by atoms with Crippen LogP contribution < -0.4 is 0 Å². The third kappa shape index (κ3) is 4.27. The number of benzene rings is 1. The Bertz CT molecular complexity index is 1070. The Kier molecular flexibility index (Phi) is 5.53. The van der Waals surface area contributed by atoms with Crippen LogP contribution in [0.1, 0.15) is 47.6 Å². The fourth-order valence-electron chi connectivity index (χ4n) is 3.25. The molecule has 29 heavy (non-hydrogen) atoms. The van der Waals surface area contributed by atoms with Gasteiger partial charge in [0.25, 0.3) is 0 Å². The average Bonchev–Trinajstić information content (AvgIpc) is 3.44. The zero-order valence-corrected chi connectivity index (χ0v) is 17.0. The van der Waals surface area contributed by atoms with Crippen molar-refractivity contribution in [1.29, 1.82) is 0 Å². The van der Waals surface area contributed by atoms with Gasteiger partial charge >= 0.3 is 5.97 Å². The highest BCUT2D eigenvalue weighted by molar-refractivity contribution is 7.10. The molecule has 0 bridgehead atoms. The van der Waals surface area contributed by atoms with Crippen molar-refractivity contribution in [3.8, 4) is 11.4 Å². The highest BCUT2D eigenvalue weighted by Crippen LogP contribution is 2.32. The van der Waals surface area contributed by atoms with E-state index in [9.17, 15) is 4.79 Å². The summed E-state index contributed by atoms with van der Waals surface area (Å²) in [5.74, 6) is 0.696. The van der Waals surface area contributed by atoms with E-state index in [2.05, 4.69) is 34.0 Å². The number of aromatic amines is 1. The van der Waals surface area contributed by atoms with Crippen LogP contribution in [0.4, 0.5) is 0 Å². The topological polar surface area (TPSA) is 67.9 Å². The van der Waals surface area contributed by atoms with E-state index in [1.54, 1.807) is 23.7 Å². The molecule has 0 saturated heterocycles. The lowest BCUT2D eigenvalue weighted by molar-refractivity contribution is -0.144. The number of ether oxygens (including phenoxy) is 1. The maximum Gasteiger partial charge on any atom is 0.303 e. The van der Waals surface area contributed by atoms with Crippen LogP contribution >= 0.6 is 11.3 Å². The summed E-state index contributed by atoms with van der Waals surface area (Å²) in [6.45, 7) is 3.58. The number of aromatic nitrogens is 3. The van der Waals surface area contributed by atoms with Gasteiger partial charge in [-0.15, -0.1) is 11.3 Å². The zero-order valence-electron chi connectivity index (χ0n) is 16.2. The number of carbonyl (C=O) groups is 1. The molecule has 0 amide bonds. The van der Waals surface area contributed by atoms with Gasteiger partial charge in [-0.1, -0.05) is 37.3 Å². The maximum atomic E-state index is 11.6. The fraction of sp³-hybridized carbons (Fsp3) is 0.174. The van der Waals surface area contributed by atoms with Crippen molar-refractivity contribution in [3.63, 3.8) is 0 Å². The Labute approximate surface area is 173 Å². The molecular weight excluding hydrogens is 382 g/mol.